The molecule has 1 unspecified atom stereocenters. The number of rotatable bonds is 5. The Balaban J connectivity index is 2.86. The Labute approximate surface area is 93.5 Å². The van der Waals surface area contributed by atoms with E-state index in [9.17, 15) is 9.90 Å². The van der Waals surface area contributed by atoms with Crippen molar-refractivity contribution < 1.29 is 20.1 Å². The smallest absolute Gasteiger partial charge is 0.331 e. The van der Waals surface area contributed by atoms with Crippen LogP contribution < -0.4 is 0 Å². The van der Waals surface area contributed by atoms with Gasteiger partial charge in [0.1, 0.15) is 0 Å². The van der Waals surface area contributed by atoms with E-state index in [0.717, 1.165) is 5.56 Å². The number of carbonyl (C=O) groups is 1. The summed E-state index contributed by atoms with van der Waals surface area (Å²) in [6, 6.07) is 8.98. The normalized spacial score (nSPS) is 13.5. The third-order valence-corrected chi connectivity index (χ3v) is 2.08. The number of hydrogen-bond donors (Lipinski definition) is 3. The number of hydrogen-bond acceptors (Lipinski definition) is 3. The molecule has 0 aliphatic rings. The Kier molecular flexibility index (Phi) is 4.69. The number of benzene rings is 1. The van der Waals surface area contributed by atoms with Crippen LogP contribution in [-0.4, -0.2) is 34.0 Å². The summed E-state index contributed by atoms with van der Waals surface area (Å²) in [4.78, 5) is 10.9. The molecule has 0 saturated carbocycles. The van der Waals surface area contributed by atoms with E-state index < -0.39 is 18.7 Å². The first-order chi connectivity index (χ1) is 7.63. The van der Waals surface area contributed by atoms with Gasteiger partial charge in [-0.3, -0.25) is 0 Å². The molecule has 0 radical (unpaired) electrons. The van der Waals surface area contributed by atoms with Crippen LogP contribution in [0.2, 0.25) is 0 Å². The fourth-order valence-corrected chi connectivity index (χ4v) is 1.28. The first-order valence-electron chi connectivity index (χ1n) is 4.91. The average molecular weight is 222 g/mol. The molecule has 1 atom stereocenters. The molecule has 0 bridgehead atoms. The third-order valence-electron chi connectivity index (χ3n) is 2.08. The molecule has 1 rings (SSSR count). The molecule has 1 aromatic carbocycles. The predicted molar refractivity (Wildman–Crippen MR) is 59.8 cm³/mol. The summed E-state index contributed by atoms with van der Waals surface area (Å²) in [6.07, 6.45) is 0.383. The summed E-state index contributed by atoms with van der Waals surface area (Å²) in [6.45, 7) is -0.445. The van der Waals surface area contributed by atoms with E-state index in [4.69, 9.17) is 10.2 Å². The molecule has 4 heteroatoms. The summed E-state index contributed by atoms with van der Waals surface area (Å²) in [5.41, 5.74) is 0.831. The van der Waals surface area contributed by atoms with Crippen LogP contribution in [0.5, 0.6) is 0 Å². The Bertz CT molecular complexity index is 370. The van der Waals surface area contributed by atoms with E-state index >= 15 is 0 Å². The largest absolute Gasteiger partial charge is 0.478 e. The maximum absolute atomic E-state index is 10.9. The van der Waals surface area contributed by atoms with Crippen LogP contribution in [0.4, 0.5) is 0 Å². The Morgan fingerprint density at radius 2 is 1.94 bits per heavy atom. The average Bonchev–Trinajstić information content (AvgIpc) is 2.29. The molecule has 1 aromatic rings. The van der Waals surface area contributed by atoms with Crippen LogP contribution >= 0.6 is 0 Å². The summed E-state index contributed by atoms with van der Waals surface area (Å²) in [5.74, 6) is -1.09. The fourth-order valence-electron chi connectivity index (χ4n) is 1.28. The second-order valence-electron chi connectivity index (χ2n) is 3.43. The van der Waals surface area contributed by atoms with E-state index in [1.54, 1.807) is 24.3 Å². The SMILES string of the molecule is O=C(O)C(=Cc1ccccc1)CC(O)CO. The van der Waals surface area contributed by atoms with Crippen LogP contribution in [0.1, 0.15) is 12.0 Å². The highest BCUT2D eigenvalue weighted by Gasteiger charge is 2.12. The minimum atomic E-state index is -1.09. The molecular formula is C12H14O4. The Morgan fingerprint density at radius 3 is 2.44 bits per heavy atom. The number of carboxylic acids is 1. The van der Waals surface area contributed by atoms with Gasteiger partial charge in [0, 0.05) is 12.0 Å². The Hall–Kier alpha value is -1.65. The number of aliphatic hydroxyl groups is 2. The highest BCUT2D eigenvalue weighted by molar-refractivity contribution is 5.92. The highest BCUT2D eigenvalue weighted by atomic mass is 16.4. The van der Waals surface area contributed by atoms with Gasteiger partial charge in [0.15, 0.2) is 0 Å². The molecule has 0 fully saturated rings. The summed E-state index contributed by atoms with van der Waals surface area (Å²) < 4.78 is 0. The minimum Gasteiger partial charge on any atom is -0.478 e. The van der Waals surface area contributed by atoms with Crippen molar-refractivity contribution in [1.82, 2.24) is 0 Å². The van der Waals surface area contributed by atoms with Gasteiger partial charge in [-0.2, -0.15) is 0 Å². The van der Waals surface area contributed by atoms with Crippen molar-refractivity contribution in [3.05, 3.63) is 41.5 Å². The molecule has 3 N–H and O–H groups in total. The number of aliphatic hydroxyl groups excluding tert-OH is 2. The number of carboxylic acid groups (broad SMARTS) is 1. The molecule has 0 heterocycles. The van der Waals surface area contributed by atoms with Crippen molar-refractivity contribution in [2.24, 2.45) is 0 Å². The number of aliphatic carboxylic acids is 1. The maximum atomic E-state index is 10.9. The molecule has 0 aliphatic heterocycles. The molecule has 0 amide bonds. The van der Waals surface area contributed by atoms with Gasteiger partial charge in [-0.15, -0.1) is 0 Å². The van der Waals surface area contributed by atoms with Crippen LogP contribution in [0.15, 0.2) is 35.9 Å². The van der Waals surface area contributed by atoms with Gasteiger partial charge in [-0.05, 0) is 11.6 Å². The van der Waals surface area contributed by atoms with Gasteiger partial charge < -0.3 is 15.3 Å². The third kappa shape index (κ3) is 3.84. The van der Waals surface area contributed by atoms with Gasteiger partial charge in [-0.25, -0.2) is 4.79 Å². The molecule has 0 aromatic heterocycles. The second-order valence-corrected chi connectivity index (χ2v) is 3.43. The first kappa shape index (κ1) is 12.4. The lowest BCUT2D eigenvalue weighted by atomic mass is 10.1. The van der Waals surface area contributed by atoms with Crippen LogP contribution in [0.25, 0.3) is 6.08 Å². The van der Waals surface area contributed by atoms with Gasteiger partial charge in [0.2, 0.25) is 0 Å². The second kappa shape index (κ2) is 6.05. The van der Waals surface area contributed by atoms with Crippen molar-refractivity contribution in [2.45, 2.75) is 12.5 Å². The quantitative estimate of drug-likeness (QED) is 0.647. The fraction of sp³-hybridized carbons (Fsp3) is 0.250. The van der Waals surface area contributed by atoms with E-state index in [0.29, 0.717) is 0 Å². The topological polar surface area (TPSA) is 77.8 Å². The zero-order valence-corrected chi connectivity index (χ0v) is 8.71. The minimum absolute atomic E-state index is 0.0687. The van der Waals surface area contributed by atoms with E-state index in [2.05, 4.69) is 0 Å². The van der Waals surface area contributed by atoms with Crippen LogP contribution in [-0.2, 0) is 4.79 Å². The lowest BCUT2D eigenvalue weighted by Gasteiger charge is -2.07. The molecule has 0 saturated heterocycles. The van der Waals surface area contributed by atoms with Gasteiger partial charge in [0.25, 0.3) is 0 Å². The van der Waals surface area contributed by atoms with E-state index in [-0.39, 0.29) is 12.0 Å². The predicted octanol–water partition coefficient (Wildman–Crippen LogP) is 0.898. The maximum Gasteiger partial charge on any atom is 0.331 e. The molecule has 0 aliphatic carbocycles. The standard InChI is InChI=1S/C12H14O4/c13-8-11(14)7-10(12(15)16)6-9-4-2-1-3-5-9/h1-6,11,13-14H,7-8H2,(H,15,16). The van der Waals surface area contributed by atoms with Gasteiger partial charge >= 0.3 is 5.97 Å². The van der Waals surface area contributed by atoms with Gasteiger partial charge in [-0.1, -0.05) is 30.3 Å². The molecular weight excluding hydrogens is 208 g/mol. The van der Waals surface area contributed by atoms with Crippen molar-refractivity contribution in [1.29, 1.82) is 0 Å². The Morgan fingerprint density at radius 1 is 1.31 bits per heavy atom. The summed E-state index contributed by atoms with van der Waals surface area (Å²) in [5, 5.41) is 26.8. The lowest BCUT2D eigenvalue weighted by molar-refractivity contribution is -0.133. The van der Waals surface area contributed by atoms with Crippen molar-refractivity contribution in [3.63, 3.8) is 0 Å². The van der Waals surface area contributed by atoms with Crippen molar-refractivity contribution in [2.75, 3.05) is 6.61 Å². The van der Waals surface area contributed by atoms with Crippen LogP contribution in [0.3, 0.4) is 0 Å². The van der Waals surface area contributed by atoms with E-state index in [1.165, 1.54) is 6.08 Å². The van der Waals surface area contributed by atoms with Crippen LogP contribution in [0, 0.1) is 0 Å². The molecule has 16 heavy (non-hydrogen) atoms. The van der Waals surface area contributed by atoms with Crippen molar-refractivity contribution in [3.8, 4) is 0 Å². The van der Waals surface area contributed by atoms with E-state index in [1.807, 2.05) is 6.07 Å². The van der Waals surface area contributed by atoms with Crippen molar-refractivity contribution >= 4 is 12.0 Å². The molecule has 4 nitrogen and oxygen atoms in total. The van der Waals surface area contributed by atoms with Gasteiger partial charge in [0.05, 0.1) is 12.7 Å². The first-order valence-corrected chi connectivity index (χ1v) is 4.91. The summed E-state index contributed by atoms with van der Waals surface area (Å²) >= 11 is 0. The monoisotopic (exact) mass is 222 g/mol. The highest BCUT2D eigenvalue weighted by Crippen LogP contribution is 2.12. The zero-order chi connectivity index (χ0) is 12.0. The lowest BCUT2D eigenvalue weighted by Crippen LogP contribution is -2.16. The molecule has 86 valence electrons. The zero-order valence-electron chi connectivity index (χ0n) is 8.71. The molecule has 0 spiro atoms. The summed E-state index contributed by atoms with van der Waals surface area (Å²) in [7, 11) is 0.